The fraction of sp³-hybridized carbons (Fsp3) is 0.621. The van der Waals surface area contributed by atoms with Crippen molar-refractivity contribution >= 4 is 46.5 Å². The van der Waals surface area contributed by atoms with E-state index in [9.17, 15) is 0 Å². The maximum absolute atomic E-state index is 6.35. The Morgan fingerprint density at radius 3 is 2.41 bits per heavy atom. The summed E-state index contributed by atoms with van der Waals surface area (Å²) in [7, 11) is 0. The van der Waals surface area contributed by atoms with E-state index in [1.54, 1.807) is 0 Å². The molecule has 1 aliphatic carbocycles. The summed E-state index contributed by atoms with van der Waals surface area (Å²) in [6.45, 7) is 9.61. The second kappa shape index (κ2) is 11.7. The van der Waals surface area contributed by atoms with Crippen LogP contribution in [-0.4, -0.2) is 47.8 Å². The maximum Gasteiger partial charge on any atom is 0.232 e. The summed E-state index contributed by atoms with van der Waals surface area (Å²) in [4.78, 5) is 14.7. The molecule has 1 saturated carbocycles. The van der Waals surface area contributed by atoms with Crippen LogP contribution in [0.4, 0.5) is 17.6 Å². The molecule has 8 heteroatoms. The summed E-state index contributed by atoms with van der Waals surface area (Å²) >= 11 is 12.1. The lowest BCUT2D eigenvalue weighted by Gasteiger charge is -2.34. The normalized spacial score (nSPS) is 22.2. The third kappa shape index (κ3) is 6.48. The smallest absolute Gasteiger partial charge is 0.232 e. The quantitative estimate of drug-likeness (QED) is 0.411. The largest absolute Gasteiger partial charge is 0.361 e. The number of aromatic nitrogens is 2. The lowest BCUT2D eigenvalue weighted by Crippen LogP contribution is -2.41. The van der Waals surface area contributed by atoms with E-state index < -0.39 is 0 Å². The van der Waals surface area contributed by atoms with Gasteiger partial charge < -0.3 is 20.4 Å². The highest BCUT2D eigenvalue weighted by Gasteiger charge is 2.36. The summed E-state index contributed by atoms with van der Waals surface area (Å²) in [5.74, 6) is 4.05. The number of hydrogen-bond acceptors (Lipinski definition) is 5. The topological polar surface area (TPSA) is 56.3 Å². The highest BCUT2D eigenvalue weighted by molar-refractivity contribution is 7.80. The predicted molar refractivity (Wildman–Crippen MR) is 159 cm³/mol. The fourth-order valence-corrected chi connectivity index (χ4v) is 6.62. The first kappa shape index (κ1) is 26.5. The van der Waals surface area contributed by atoms with E-state index in [4.69, 9.17) is 33.8 Å². The molecule has 0 radical (unpaired) electrons. The molecule has 1 atom stereocenters. The Morgan fingerprint density at radius 2 is 1.70 bits per heavy atom. The SMILES string of the molecule is CC1CCN(c2cc(N3CCC[C@H](C)C3)nc(NC(=S)NCC3(c4cccc(Cl)c4)CCCC3)n2)CC1. The average Bonchev–Trinajstić information content (AvgIpc) is 3.38. The molecular weight excluding hydrogens is 500 g/mol. The maximum atomic E-state index is 6.35. The third-order valence-corrected chi connectivity index (χ3v) is 9.08. The number of halogens is 1. The zero-order chi connectivity index (χ0) is 25.8. The van der Waals surface area contributed by atoms with Gasteiger partial charge in [-0.1, -0.05) is 50.4 Å². The van der Waals surface area contributed by atoms with Gasteiger partial charge in [0.05, 0.1) is 0 Å². The highest BCUT2D eigenvalue weighted by Crippen LogP contribution is 2.41. The molecule has 0 bridgehead atoms. The van der Waals surface area contributed by atoms with Crippen LogP contribution in [0.5, 0.6) is 0 Å². The fourth-order valence-electron chi connectivity index (χ4n) is 6.27. The van der Waals surface area contributed by atoms with Gasteiger partial charge in [0.25, 0.3) is 0 Å². The van der Waals surface area contributed by atoms with E-state index in [1.165, 1.54) is 44.1 Å². The Bertz CT molecular complexity index is 1080. The van der Waals surface area contributed by atoms with Crippen LogP contribution in [0.25, 0.3) is 0 Å². The van der Waals surface area contributed by atoms with Crippen LogP contribution in [0.3, 0.4) is 0 Å². The molecule has 3 fully saturated rings. The van der Waals surface area contributed by atoms with Crippen molar-refractivity contribution in [1.29, 1.82) is 0 Å². The number of piperidine rings is 2. The van der Waals surface area contributed by atoms with Crippen LogP contribution in [0.2, 0.25) is 5.02 Å². The van der Waals surface area contributed by atoms with E-state index in [0.29, 0.717) is 17.0 Å². The number of nitrogens with zero attached hydrogens (tertiary/aromatic N) is 4. The third-order valence-electron chi connectivity index (χ3n) is 8.60. The molecule has 1 aromatic heterocycles. The van der Waals surface area contributed by atoms with Gasteiger partial charge in [-0.25, -0.2) is 0 Å². The van der Waals surface area contributed by atoms with E-state index >= 15 is 0 Å². The Morgan fingerprint density at radius 1 is 0.973 bits per heavy atom. The van der Waals surface area contributed by atoms with Gasteiger partial charge in [0.2, 0.25) is 5.95 Å². The van der Waals surface area contributed by atoms with Gasteiger partial charge >= 0.3 is 0 Å². The lowest BCUT2D eigenvalue weighted by atomic mass is 9.79. The van der Waals surface area contributed by atoms with E-state index in [2.05, 4.69) is 58.5 Å². The average molecular weight is 541 g/mol. The first-order valence-electron chi connectivity index (χ1n) is 14.1. The second-order valence-corrected chi connectivity index (χ2v) is 12.4. The molecule has 0 amide bonds. The van der Waals surface area contributed by atoms with Gasteiger partial charge in [-0.2, -0.15) is 9.97 Å². The van der Waals surface area contributed by atoms with E-state index in [0.717, 1.165) is 68.1 Å². The summed E-state index contributed by atoms with van der Waals surface area (Å²) in [6, 6.07) is 10.5. The molecule has 0 unspecified atom stereocenters. The van der Waals surface area contributed by atoms with Crippen molar-refractivity contribution in [2.75, 3.05) is 47.8 Å². The zero-order valence-electron chi connectivity index (χ0n) is 22.3. The van der Waals surface area contributed by atoms with Gasteiger partial charge in [-0.3, -0.25) is 0 Å². The number of hydrogen-bond donors (Lipinski definition) is 2. The summed E-state index contributed by atoms with van der Waals surface area (Å²) in [6.07, 6.45) is 9.63. The van der Waals surface area contributed by atoms with Crippen molar-refractivity contribution in [1.82, 2.24) is 15.3 Å². The molecule has 37 heavy (non-hydrogen) atoms. The molecule has 1 aromatic carbocycles. The van der Waals surface area contributed by atoms with E-state index in [1.807, 2.05) is 6.07 Å². The minimum Gasteiger partial charge on any atom is -0.361 e. The Hall–Kier alpha value is -2.12. The number of anilines is 3. The van der Waals surface area contributed by atoms with Crippen molar-refractivity contribution in [3.8, 4) is 0 Å². The molecule has 2 saturated heterocycles. The van der Waals surface area contributed by atoms with Crippen molar-refractivity contribution in [2.24, 2.45) is 11.8 Å². The van der Waals surface area contributed by atoms with Crippen LogP contribution in [0, 0.1) is 11.8 Å². The molecule has 2 aromatic rings. The standard InChI is InChI=1S/C29H41ClN6S/c1-21-10-15-35(16-11-21)25-18-26(36-14-6-7-22(2)19-36)33-27(32-25)34-28(37)31-20-29(12-3-4-13-29)23-8-5-9-24(30)17-23/h5,8-9,17-18,21-22H,3-4,6-7,10-16,19-20H2,1-2H3,(H2,31,32,33,34,37)/t22-/m0/s1. The predicted octanol–water partition coefficient (Wildman–Crippen LogP) is 6.40. The first-order chi connectivity index (χ1) is 17.9. The molecule has 6 nitrogen and oxygen atoms in total. The molecule has 2 aliphatic heterocycles. The Balaban J connectivity index is 1.32. The second-order valence-electron chi connectivity index (χ2n) is 11.6. The summed E-state index contributed by atoms with van der Waals surface area (Å²) in [5.41, 5.74) is 1.35. The number of benzene rings is 1. The van der Waals surface area contributed by atoms with Crippen molar-refractivity contribution in [2.45, 2.75) is 70.6 Å². The van der Waals surface area contributed by atoms with Crippen LogP contribution in [-0.2, 0) is 5.41 Å². The molecule has 5 rings (SSSR count). The van der Waals surface area contributed by atoms with Gasteiger partial charge in [0, 0.05) is 49.2 Å². The number of thiocarbonyl (C=S) groups is 1. The van der Waals surface area contributed by atoms with Gasteiger partial charge in [-0.05, 0) is 80.3 Å². The Labute approximate surface area is 232 Å². The van der Waals surface area contributed by atoms with Crippen LogP contribution in [0.15, 0.2) is 30.3 Å². The summed E-state index contributed by atoms with van der Waals surface area (Å²) in [5, 5.41) is 8.23. The molecule has 200 valence electrons. The van der Waals surface area contributed by atoms with Crippen LogP contribution < -0.4 is 20.4 Å². The molecule has 0 spiro atoms. The van der Waals surface area contributed by atoms with Crippen molar-refractivity contribution in [3.63, 3.8) is 0 Å². The van der Waals surface area contributed by atoms with Gasteiger partial charge in [0.15, 0.2) is 5.11 Å². The highest BCUT2D eigenvalue weighted by atomic mass is 35.5. The van der Waals surface area contributed by atoms with Crippen molar-refractivity contribution < 1.29 is 0 Å². The molecular formula is C29H41ClN6S. The minimum atomic E-state index is 0.0545. The minimum absolute atomic E-state index is 0.0545. The Kier molecular flexibility index (Phi) is 8.40. The van der Waals surface area contributed by atoms with E-state index in [-0.39, 0.29) is 5.41 Å². The van der Waals surface area contributed by atoms with Crippen molar-refractivity contribution in [3.05, 3.63) is 40.9 Å². The van der Waals surface area contributed by atoms with Crippen LogP contribution >= 0.6 is 23.8 Å². The molecule has 3 heterocycles. The zero-order valence-corrected chi connectivity index (χ0v) is 23.9. The molecule has 2 N–H and O–H groups in total. The summed E-state index contributed by atoms with van der Waals surface area (Å²) < 4.78 is 0. The van der Waals surface area contributed by atoms with Crippen LogP contribution in [0.1, 0.15) is 70.8 Å². The lowest BCUT2D eigenvalue weighted by molar-refractivity contribution is 0.434. The molecule has 3 aliphatic rings. The monoisotopic (exact) mass is 540 g/mol. The number of rotatable bonds is 6. The number of nitrogens with one attached hydrogen (secondary N) is 2. The van der Waals surface area contributed by atoms with Gasteiger partial charge in [0.1, 0.15) is 11.6 Å². The van der Waals surface area contributed by atoms with Gasteiger partial charge in [-0.15, -0.1) is 0 Å². The first-order valence-corrected chi connectivity index (χ1v) is 14.9.